The summed E-state index contributed by atoms with van der Waals surface area (Å²) in [6, 6.07) is 14.0. The third kappa shape index (κ3) is 3.62. The van der Waals surface area contributed by atoms with Crippen LogP contribution in [0, 0.1) is 6.92 Å². The maximum absolute atomic E-state index is 12.7. The zero-order valence-electron chi connectivity index (χ0n) is 14.6. The molecule has 134 valence electrons. The molecule has 26 heavy (non-hydrogen) atoms. The molecule has 0 aliphatic carbocycles. The average molecular weight is 370 g/mol. The predicted molar refractivity (Wildman–Crippen MR) is 97.5 cm³/mol. The van der Waals surface area contributed by atoms with E-state index in [0.29, 0.717) is 5.71 Å². The zero-order chi connectivity index (χ0) is 18.7. The third-order valence-electron chi connectivity index (χ3n) is 3.84. The van der Waals surface area contributed by atoms with Crippen LogP contribution in [-0.2, 0) is 10.0 Å². The number of aryl methyl sites for hydroxylation is 1. The SMILES string of the molecule is CC(=NN(C)S(=O)(=O)c1ccc(C)cc1)c1cccc(-n2cnnn2)c1. The van der Waals surface area contributed by atoms with Crippen molar-refractivity contribution in [2.45, 2.75) is 18.7 Å². The molecule has 0 saturated heterocycles. The summed E-state index contributed by atoms with van der Waals surface area (Å²) in [5.74, 6) is 0. The average Bonchev–Trinajstić information content (AvgIpc) is 3.17. The number of hydrazone groups is 1. The van der Waals surface area contributed by atoms with Gasteiger partial charge in [0.25, 0.3) is 10.0 Å². The maximum Gasteiger partial charge on any atom is 0.278 e. The lowest BCUT2D eigenvalue weighted by Gasteiger charge is -2.15. The minimum absolute atomic E-state index is 0.199. The molecule has 9 heteroatoms. The molecule has 3 rings (SSSR count). The van der Waals surface area contributed by atoms with E-state index in [9.17, 15) is 8.42 Å². The van der Waals surface area contributed by atoms with Crippen molar-refractivity contribution in [3.63, 3.8) is 0 Å². The monoisotopic (exact) mass is 370 g/mol. The fourth-order valence-corrected chi connectivity index (χ4v) is 3.35. The van der Waals surface area contributed by atoms with Crippen LogP contribution >= 0.6 is 0 Å². The summed E-state index contributed by atoms with van der Waals surface area (Å²) < 4.78 is 27.8. The summed E-state index contributed by atoms with van der Waals surface area (Å²) in [6.07, 6.45) is 1.49. The molecule has 0 fully saturated rings. The van der Waals surface area contributed by atoms with Gasteiger partial charge in [-0.2, -0.15) is 17.9 Å². The molecule has 0 aliphatic rings. The first-order valence-corrected chi connectivity index (χ1v) is 9.26. The van der Waals surface area contributed by atoms with Crippen LogP contribution in [0.1, 0.15) is 18.1 Å². The Hall–Kier alpha value is -3.07. The summed E-state index contributed by atoms with van der Waals surface area (Å²) >= 11 is 0. The molecule has 0 bridgehead atoms. The van der Waals surface area contributed by atoms with E-state index in [4.69, 9.17) is 0 Å². The van der Waals surface area contributed by atoms with Crippen LogP contribution < -0.4 is 0 Å². The van der Waals surface area contributed by atoms with Gasteiger partial charge in [-0.15, -0.1) is 5.10 Å². The van der Waals surface area contributed by atoms with Gasteiger partial charge < -0.3 is 0 Å². The van der Waals surface area contributed by atoms with Crippen molar-refractivity contribution in [3.8, 4) is 5.69 Å². The van der Waals surface area contributed by atoms with Gasteiger partial charge in [0, 0.05) is 7.05 Å². The highest BCUT2D eigenvalue weighted by Crippen LogP contribution is 2.17. The molecule has 1 aromatic heterocycles. The number of rotatable bonds is 5. The van der Waals surface area contributed by atoms with Crippen molar-refractivity contribution in [3.05, 3.63) is 66.0 Å². The van der Waals surface area contributed by atoms with E-state index in [1.807, 2.05) is 31.2 Å². The maximum atomic E-state index is 12.7. The minimum atomic E-state index is -3.70. The van der Waals surface area contributed by atoms with E-state index in [2.05, 4.69) is 20.6 Å². The lowest BCUT2D eigenvalue weighted by atomic mass is 10.1. The van der Waals surface area contributed by atoms with Crippen molar-refractivity contribution in [1.29, 1.82) is 0 Å². The molecule has 0 N–H and O–H groups in total. The zero-order valence-corrected chi connectivity index (χ0v) is 15.4. The van der Waals surface area contributed by atoms with Crippen LogP contribution in [-0.4, -0.2) is 45.8 Å². The Balaban J connectivity index is 1.89. The first-order chi connectivity index (χ1) is 12.4. The van der Waals surface area contributed by atoms with E-state index < -0.39 is 10.0 Å². The standard InChI is InChI=1S/C17H18N6O2S/c1-13-7-9-17(10-8-13)26(24,25)22(3)19-14(2)15-5-4-6-16(11-15)23-12-18-20-21-23/h4-12H,1-3H3. The highest BCUT2D eigenvalue weighted by Gasteiger charge is 2.19. The second kappa shape index (κ2) is 7.04. The smallest absolute Gasteiger partial charge is 0.201 e. The Morgan fingerprint density at radius 2 is 1.88 bits per heavy atom. The van der Waals surface area contributed by atoms with Crippen LogP contribution in [0.15, 0.2) is 64.9 Å². The van der Waals surface area contributed by atoms with Gasteiger partial charge in [-0.05, 0) is 54.1 Å². The second-order valence-corrected chi connectivity index (χ2v) is 7.69. The summed E-state index contributed by atoms with van der Waals surface area (Å²) in [5.41, 5.74) is 3.07. The largest absolute Gasteiger partial charge is 0.278 e. The van der Waals surface area contributed by atoms with Crippen LogP contribution in [0.3, 0.4) is 0 Å². The molecule has 0 saturated carbocycles. The fourth-order valence-electron chi connectivity index (χ4n) is 2.34. The van der Waals surface area contributed by atoms with Crippen molar-refractivity contribution in [2.24, 2.45) is 5.10 Å². The van der Waals surface area contributed by atoms with Gasteiger partial charge in [0.05, 0.1) is 16.3 Å². The molecular formula is C17H18N6O2S. The normalized spacial score (nSPS) is 12.2. The molecule has 3 aromatic rings. The Labute approximate surface area is 151 Å². The summed E-state index contributed by atoms with van der Waals surface area (Å²) in [5, 5.41) is 15.3. The van der Waals surface area contributed by atoms with Crippen molar-refractivity contribution < 1.29 is 8.42 Å². The molecule has 8 nitrogen and oxygen atoms in total. The quantitative estimate of drug-likeness (QED) is 0.506. The van der Waals surface area contributed by atoms with Gasteiger partial charge in [0.15, 0.2) is 0 Å². The number of nitrogens with zero attached hydrogens (tertiary/aromatic N) is 6. The number of hydrogen-bond acceptors (Lipinski definition) is 6. The number of benzene rings is 2. The highest BCUT2D eigenvalue weighted by atomic mass is 32.2. The summed E-state index contributed by atoms with van der Waals surface area (Å²) in [7, 11) is -2.28. The molecule has 0 radical (unpaired) electrons. The molecular weight excluding hydrogens is 352 g/mol. The number of hydrogen-bond donors (Lipinski definition) is 0. The third-order valence-corrected chi connectivity index (χ3v) is 5.48. The Morgan fingerprint density at radius 3 is 2.54 bits per heavy atom. The van der Waals surface area contributed by atoms with Crippen LogP contribution in [0.5, 0.6) is 0 Å². The number of tetrazole rings is 1. The van der Waals surface area contributed by atoms with Crippen LogP contribution in [0.25, 0.3) is 5.69 Å². The van der Waals surface area contributed by atoms with Gasteiger partial charge >= 0.3 is 0 Å². The Kier molecular flexibility index (Phi) is 4.81. The van der Waals surface area contributed by atoms with Crippen molar-refractivity contribution in [2.75, 3.05) is 7.05 Å². The Morgan fingerprint density at radius 1 is 1.15 bits per heavy atom. The highest BCUT2D eigenvalue weighted by molar-refractivity contribution is 7.89. The fraction of sp³-hybridized carbons (Fsp3) is 0.176. The Bertz CT molecular complexity index is 1030. The molecule has 1 heterocycles. The molecule has 0 spiro atoms. The molecule has 0 atom stereocenters. The number of aromatic nitrogens is 4. The van der Waals surface area contributed by atoms with Gasteiger partial charge in [-0.3, -0.25) is 0 Å². The molecule has 0 amide bonds. The second-order valence-electron chi connectivity index (χ2n) is 5.74. The van der Waals surface area contributed by atoms with E-state index in [1.54, 1.807) is 31.2 Å². The lowest BCUT2D eigenvalue weighted by Crippen LogP contribution is -2.23. The molecule has 0 aliphatic heterocycles. The lowest BCUT2D eigenvalue weighted by molar-refractivity contribution is 0.489. The van der Waals surface area contributed by atoms with E-state index in [-0.39, 0.29) is 4.90 Å². The first kappa shape index (κ1) is 17.7. The summed E-state index contributed by atoms with van der Waals surface area (Å²) in [6.45, 7) is 3.65. The molecule has 0 unspecified atom stereocenters. The topological polar surface area (TPSA) is 93.3 Å². The van der Waals surface area contributed by atoms with Crippen molar-refractivity contribution in [1.82, 2.24) is 24.6 Å². The van der Waals surface area contributed by atoms with Gasteiger partial charge in [-0.1, -0.05) is 29.8 Å². The van der Waals surface area contributed by atoms with Gasteiger partial charge in [0.1, 0.15) is 6.33 Å². The summed E-state index contributed by atoms with van der Waals surface area (Å²) in [4.78, 5) is 0.199. The van der Waals surface area contributed by atoms with Crippen molar-refractivity contribution >= 4 is 15.7 Å². The van der Waals surface area contributed by atoms with E-state index in [1.165, 1.54) is 18.1 Å². The van der Waals surface area contributed by atoms with E-state index >= 15 is 0 Å². The molecule has 2 aromatic carbocycles. The first-order valence-electron chi connectivity index (χ1n) is 7.82. The predicted octanol–water partition coefficient (Wildman–Crippen LogP) is 2.02. The van der Waals surface area contributed by atoms with E-state index in [0.717, 1.165) is 21.2 Å². The van der Waals surface area contributed by atoms with Crippen LogP contribution in [0.4, 0.5) is 0 Å². The minimum Gasteiger partial charge on any atom is -0.201 e. The van der Waals surface area contributed by atoms with Crippen LogP contribution in [0.2, 0.25) is 0 Å². The number of sulfonamides is 1. The van der Waals surface area contributed by atoms with Gasteiger partial charge in [-0.25, -0.2) is 4.68 Å². The van der Waals surface area contributed by atoms with Gasteiger partial charge in [0.2, 0.25) is 0 Å².